The third kappa shape index (κ3) is 1.78. The van der Waals surface area contributed by atoms with Crippen molar-refractivity contribution in [2.24, 2.45) is 0 Å². The zero-order valence-corrected chi connectivity index (χ0v) is 10.6. The Balaban J connectivity index is 2.10. The van der Waals surface area contributed by atoms with Crippen LogP contribution in [0.4, 0.5) is 0 Å². The molecule has 1 saturated heterocycles. The van der Waals surface area contributed by atoms with Crippen LogP contribution in [0.2, 0.25) is 0 Å². The van der Waals surface area contributed by atoms with E-state index in [0.29, 0.717) is 0 Å². The molecule has 0 aromatic carbocycles. The zero-order valence-electron chi connectivity index (χ0n) is 11.6. The van der Waals surface area contributed by atoms with E-state index in [4.69, 9.17) is 6.11 Å². The normalized spacial score (nSPS) is 32.7. The number of nitrogens with one attached hydrogen (secondary N) is 1. The van der Waals surface area contributed by atoms with Gasteiger partial charge >= 0.3 is 0 Å². The van der Waals surface area contributed by atoms with Crippen molar-refractivity contribution in [1.29, 1.82) is 0 Å². The number of aliphatic hydroxyl groups is 3. The molecule has 0 radical (unpaired) electrons. The van der Waals surface area contributed by atoms with Crippen molar-refractivity contribution in [2.75, 3.05) is 6.61 Å². The highest BCUT2D eigenvalue weighted by atomic mass is 16.6. The predicted molar refractivity (Wildman–Crippen MR) is 68.9 cm³/mol. The average Bonchev–Trinajstić information content (AvgIpc) is 3.04. The monoisotopic (exact) mass is 293 g/mol. The van der Waals surface area contributed by atoms with Gasteiger partial charge in [-0.15, -0.1) is 6.40 Å². The minimum Gasteiger partial charge on any atom is -0.392 e. The number of terminal acetylenes is 1. The zero-order chi connectivity index (χ0) is 15.9. The highest BCUT2D eigenvalue weighted by Gasteiger charge is 2.54. The van der Waals surface area contributed by atoms with Crippen LogP contribution in [-0.4, -0.2) is 59.3 Å². The molecule has 0 spiro atoms. The first-order valence-electron chi connectivity index (χ1n) is 6.53. The summed E-state index contributed by atoms with van der Waals surface area (Å²) in [6.07, 6.45) is 0.0555. The van der Waals surface area contributed by atoms with E-state index >= 15 is 0 Å². The van der Waals surface area contributed by atoms with Crippen LogP contribution < -0.4 is 5.56 Å². The molecule has 110 valence electrons. The van der Waals surface area contributed by atoms with Crippen LogP contribution in [0, 0.1) is 12.3 Å². The van der Waals surface area contributed by atoms with Gasteiger partial charge in [-0.1, -0.05) is 5.92 Å². The first-order chi connectivity index (χ1) is 10.5. The summed E-state index contributed by atoms with van der Waals surface area (Å²) in [4.78, 5) is 21.8. The van der Waals surface area contributed by atoms with Gasteiger partial charge < -0.3 is 25.0 Å². The summed E-state index contributed by atoms with van der Waals surface area (Å²) in [5, 5.41) is 29.7. The maximum Gasteiger partial charge on any atom is 0.278 e. The highest BCUT2D eigenvalue weighted by molar-refractivity contribution is 5.68. The van der Waals surface area contributed by atoms with Crippen LogP contribution in [0.25, 0.3) is 11.2 Å². The molecule has 1 unspecified atom stereocenters. The fraction of sp³-hybridized carbons (Fsp3) is 0.417. The fourth-order valence-electron chi connectivity index (χ4n) is 2.33. The Morgan fingerprint density at radius 1 is 1.62 bits per heavy atom. The van der Waals surface area contributed by atoms with Crippen LogP contribution in [-0.2, 0) is 4.74 Å². The Morgan fingerprint density at radius 2 is 2.43 bits per heavy atom. The minimum absolute atomic E-state index is 0.0425. The van der Waals surface area contributed by atoms with Gasteiger partial charge in [0.15, 0.2) is 23.0 Å². The first-order valence-corrected chi connectivity index (χ1v) is 6.03. The van der Waals surface area contributed by atoms with Gasteiger partial charge in [-0.25, -0.2) is 9.97 Å². The molecular weight excluding hydrogens is 280 g/mol. The molecule has 3 heterocycles. The summed E-state index contributed by atoms with van der Waals surface area (Å²) in [6.45, 7) is -0.714. The highest BCUT2D eigenvalue weighted by Crippen LogP contribution is 2.37. The lowest BCUT2D eigenvalue weighted by molar-refractivity contribution is -0.0911. The summed E-state index contributed by atoms with van der Waals surface area (Å²) in [6, 6.07) is 0. The number of ether oxygens (including phenoxy) is 1. The number of aliphatic hydroxyl groups excluding tert-OH is 3. The first kappa shape index (κ1) is 12.5. The number of rotatable bonds is 2. The van der Waals surface area contributed by atoms with E-state index in [2.05, 4.69) is 20.9 Å². The molecule has 1 fully saturated rings. The van der Waals surface area contributed by atoms with Crippen LogP contribution in [0.1, 0.15) is 7.60 Å². The van der Waals surface area contributed by atoms with Gasteiger partial charge in [-0.2, -0.15) is 0 Å². The second-order valence-electron chi connectivity index (χ2n) is 4.67. The molecule has 4 N–H and O–H groups in total. The van der Waals surface area contributed by atoms with Crippen molar-refractivity contribution in [1.82, 2.24) is 19.5 Å². The second kappa shape index (κ2) is 4.64. The summed E-state index contributed by atoms with van der Waals surface area (Å²) in [7, 11) is 0. The van der Waals surface area contributed by atoms with Crippen molar-refractivity contribution in [3.8, 4) is 12.3 Å². The standard InChI is InChI=1S/C12H12N4O5/c1-2-12(3-17)8(19)7(18)11(21-12)16-5-15-6-9(16)13-4-14-10(6)20/h1,4-5,7-8,11,17-19H,3H2,(H,13,14,20)/t7-,8-,11?,12+/m0/s1/i1D. The smallest absolute Gasteiger partial charge is 0.278 e. The van der Waals surface area contributed by atoms with Crippen molar-refractivity contribution in [3.63, 3.8) is 0 Å². The van der Waals surface area contributed by atoms with Crippen LogP contribution in [0.3, 0.4) is 0 Å². The lowest BCUT2D eigenvalue weighted by Crippen LogP contribution is -2.44. The largest absolute Gasteiger partial charge is 0.392 e. The number of H-pyrrole nitrogens is 1. The van der Waals surface area contributed by atoms with Crippen molar-refractivity contribution in [2.45, 2.75) is 24.0 Å². The SMILES string of the molecule is [2H]C#C[C@]1(CO)OC(n2cnc3c(=O)[nH]cnc32)[C@@H](O)[C@@H]1O. The molecule has 0 saturated carbocycles. The van der Waals surface area contributed by atoms with E-state index in [1.807, 2.05) is 6.40 Å². The molecule has 2 aromatic heterocycles. The molecule has 0 aliphatic carbocycles. The Labute approximate surface area is 119 Å². The van der Waals surface area contributed by atoms with Crippen molar-refractivity contribution in [3.05, 3.63) is 23.0 Å². The molecule has 9 heteroatoms. The molecule has 21 heavy (non-hydrogen) atoms. The average molecular weight is 293 g/mol. The summed E-state index contributed by atoms with van der Waals surface area (Å²) < 4.78 is 13.7. The minimum atomic E-state index is -1.79. The van der Waals surface area contributed by atoms with E-state index in [1.165, 1.54) is 17.2 Å². The number of aromatic nitrogens is 4. The number of fused-ring (bicyclic) bond motifs is 1. The van der Waals surface area contributed by atoms with Gasteiger partial charge in [-0.3, -0.25) is 9.36 Å². The van der Waals surface area contributed by atoms with Crippen molar-refractivity contribution < 1.29 is 21.4 Å². The van der Waals surface area contributed by atoms with E-state index in [0.717, 1.165) is 0 Å². The fourth-order valence-corrected chi connectivity index (χ4v) is 2.33. The molecule has 0 amide bonds. The van der Waals surface area contributed by atoms with Crippen molar-refractivity contribution >= 4 is 11.2 Å². The Hall–Kier alpha value is -2.25. The van der Waals surface area contributed by atoms with Gasteiger partial charge in [-0.05, 0) is 0 Å². The van der Waals surface area contributed by atoms with Gasteiger partial charge in [0.1, 0.15) is 13.6 Å². The third-order valence-corrected chi connectivity index (χ3v) is 3.51. The van der Waals surface area contributed by atoms with Gasteiger partial charge in [0.25, 0.3) is 5.56 Å². The van der Waals surface area contributed by atoms with Crippen LogP contribution in [0.5, 0.6) is 0 Å². The molecule has 1 aliphatic rings. The van der Waals surface area contributed by atoms with E-state index in [-0.39, 0.29) is 11.2 Å². The maximum absolute atomic E-state index is 11.6. The van der Waals surface area contributed by atoms with E-state index in [1.54, 1.807) is 0 Å². The molecule has 1 aliphatic heterocycles. The van der Waals surface area contributed by atoms with Gasteiger partial charge in [0.05, 0.1) is 19.3 Å². The molecule has 0 bridgehead atoms. The number of hydrogen-bond donors (Lipinski definition) is 4. The molecule has 2 aromatic rings. The van der Waals surface area contributed by atoms with Crippen LogP contribution in [0.15, 0.2) is 17.4 Å². The van der Waals surface area contributed by atoms with E-state index in [9.17, 15) is 20.1 Å². The van der Waals surface area contributed by atoms with Crippen LogP contribution >= 0.6 is 0 Å². The van der Waals surface area contributed by atoms with Gasteiger partial charge in [0, 0.05) is 0 Å². The number of aromatic amines is 1. The third-order valence-electron chi connectivity index (χ3n) is 3.51. The van der Waals surface area contributed by atoms with Gasteiger partial charge in [0.2, 0.25) is 0 Å². The molecule has 9 nitrogen and oxygen atoms in total. The topological polar surface area (TPSA) is 133 Å². The Kier molecular flexibility index (Phi) is 2.76. The van der Waals surface area contributed by atoms with E-state index < -0.39 is 36.2 Å². The molecule has 3 rings (SSSR count). The molecular formula is C12H12N4O5. The predicted octanol–water partition coefficient (Wildman–Crippen LogP) is -2.27. The summed E-state index contributed by atoms with van der Waals surface area (Å²) >= 11 is 0. The number of hydrogen-bond acceptors (Lipinski definition) is 7. The number of imidazole rings is 1. The summed E-state index contributed by atoms with van der Waals surface area (Å²) in [5.41, 5.74) is -2.06. The Morgan fingerprint density at radius 3 is 3.14 bits per heavy atom. The lowest BCUT2D eigenvalue weighted by atomic mass is 9.97. The maximum atomic E-state index is 11.6. The Bertz CT molecular complexity index is 824. The summed E-state index contributed by atoms with van der Waals surface area (Å²) in [5.74, 6) is 2.25. The molecule has 4 atom stereocenters. The lowest BCUT2D eigenvalue weighted by Gasteiger charge is -2.23. The quantitative estimate of drug-likeness (QED) is 0.459. The second-order valence-corrected chi connectivity index (χ2v) is 4.67. The number of nitrogens with zero attached hydrogens (tertiary/aromatic N) is 3.